The number of nitrogens with one attached hydrogen (secondary N) is 2. The van der Waals surface area contributed by atoms with Crippen LogP contribution in [-0.4, -0.2) is 35.1 Å². The van der Waals surface area contributed by atoms with Gasteiger partial charge in [0.1, 0.15) is 17.0 Å². The molecule has 2 aromatic rings. The highest BCUT2D eigenvalue weighted by atomic mass is 32.2. The number of nitrogen functional groups attached to an aromatic ring is 1. The predicted octanol–water partition coefficient (Wildman–Crippen LogP) is -0.697. The standard InChI is InChI=1S/C9H12N6O2S/c10-7-1-3-11-5-8(7)18(16,17)14-4-2-9-12-6-13-15-9/h1,3,5-6,14H,2,4H2,(H2,10,11)(H,12,13,15). The molecule has 0 aliphatic rings. The van der Waals surface area contributed by atoms with E-state index in [-0.39, 0.29) is 17.1 Å². The molecule has 0 bridgehead atoms. The molecule has 0 radical (unpaired) electrons. The summed E-state index contributed by atoms with van der Waals surface area (Å²) in [6.45, 7) is 0.200. The molecule has 2 heterocycles. The van der Waals surface area contributed by atoms with Gasteiger partial charge in [0.15, 0.2) is 0 Å². The van der Waals surface area contributed by atoms with Crippen molar-refractivity contribution in [2.24, 2.45) is 0 Å². The molecule has 8 nitrogen and oxygen atoms in total. The summed E-state index contributed by atoms with van der Waals surface area (Å²) in [5.74, 6) is 0.608. The summed E-state index contributed by atoms with van der Waals surface area (Å²) in [5, 5.41) is 6.31. The lowest BCUT2D eigenvalue weighted by molar-refractivity contribution is 0.581. The van der Waals surface area contributed by atoms with Gasteiger partial charge >= 0.3 is 0 Å². The van der Waals surface area contributed by atoms with Gasteiger partial charge in [-0.25, -0.2) is 18.1 Å². The fraction of sp³-hybridized carbons (Fsp3) is 0.222. The number of hydrogen-bond acceptors (Lipinski definition) is 6. The fourth-order valence-electron chi connectivity index (χ4n) is 1.35. The van der Waals surface area contributed by atoms with Crippen molar-refractivity contribution in [3.8, 4) is 0 Å². The molecule has 0 spiro atoms. The van der Waals surface area contributed by atoms with Crippen LogP contribution in [0.3, 0.4) is 0 Å². The molecule has 2 rings (SSSR count). The first-order valence-corrected chi connectivity index (χ1v) is 6.61. The van der Waals surface area contributed by atoms with Gasteiger partial charge in [-0.15, -0.1) is 0 Å². The number of sulfonamides is 1. The Bertz CT molecular complexity index is 610. The van der Waals surface area contributed by atoms with Crippen molar-refractivity contribution in [1.29, 1.82) is 0 Å². The third-order valence-electron chi connectivity index (χ3n) is 2.22. The van der Waals surface area contributed by atoms with Crippen LogP contribution in [0.25, 0.3) is 0 Å². The average molecular weight is 268 g/mol. The van der Waals surface area contributed by atoms with Crippen molar-refractivity contribution < 1.29 is 8.42 Å². The van der Waals surface area contributed by atoms with Gasteiger partial charge in [0, 0.05) is 25.4 Å². The molecule has 0 saturated heterocycles. The van der Waals surface area contributed by atoms with Gasteiger partial charge in [-0.05, 0) is 6.07 Å². The molecule has 2 aromatic heterocycles. The van der Waals surface area contributed by atoms with Crippen molar-refractivity contribution in [3.63, 3.8) is 0 Å². The highest BCUT2D eigenvalue weighted by Gasteiger charge is 2.16. The highest BCUT2D eigenvalue weighted by Crippen LogP contribution is 2.14. The molecule has 4 N–H and O–H groups in total. The van der Waals surface area contributed by atoms with Crippen molar-refractivity contribution >= 4 is 15.7 Å². The number of H-pyrrole nitrogens is 1. The van der Waals surface area contributed by atoms with Gasteiger partial charge in [0.25, 0.3) is 0 Å². The minimum absolute atomic E-state index is 0.0254. The van der Waals surface area contributed by atoms with E-state index in [4.69, 9.17) is 5.73 Å². The number of pyridine rings is 1. The van der Waals surface area contributed by atoms with Crippen LogP contribution >= 0.6 is 0 Å². The Morgan fingerprint density at radius 3 is 2.94 bits per heavy atom. The average Bonchev–Trinajstić information content (AvgIpc) is 2.82. The minimum atomic E-state index is -3.64. The molecule has 0 fully saturated rings. The van der Waals surface area contributed by atoms with Crippen LogP contribution in [0.1, 0.15) is 5.82 Å². The van der Waals surface area contributed by atoms with Crippen LogP contribution in [0.5, 0.6) is 0 Å². The van der Waals surface area contributed by atoms with Gasteiger partial charge in [-0.1, -0.05) is 0 Å². The molecule has 0 saturated carbocycles. The minimum Gasteiger partial charge on any atom is -0.398 e. The van der Waals surface area contributed by atoms with E-state index >= 15 is 0 Å². The zero-order valence-corrected chi connectivity index (χ0v) is 10.2. The number of hydrogen-bond donors (Lipinski definition) is 3. The Kier molecular flexibility index (Phi) is 3.53. The summed E-state index contributed by atoms with van der Waals surface area (Å²) in [5.41, 5.74) is 5.75. The lowest BCUT2D eigenvalue weighted by Crippen LogP contribution is -2.27. The van der Waals surface area contributed by atoms with Crippen LogP contribution in [0, 0.1) is 0 Å². The molecule has 96 valence electrons. The number of aromatic nitrogens is 4. The molecular weight excluding hydrogens is 256 g/mol. The second kappa shape index (κ2) is 5.10. The normalized spacial score (nSPS) is 11.6. The maximum Gasteiger partial charge on any atom is 0.244 e. The Labute approximate surface area is 104 Å². The van der Waals surface area contributed by atoms with Crippen molar-refractivity contribution in [3.05, 3.63) is 30.6 Å². The van der Waals surface area contributed by atoms with E-state index in [0.717, 1.165) is 0 Å². The van der Waals surface area contributed by atoms with Gasteiger partial charge in [0.2, 0.25) is 10.0 Å². The zero-order chi connectivity index (χ0) is 13.0. The van der Waals surface area contributed by atoms with E-state index in [0.29, 0.717) is 12.2 Å². The van der Waals surface area contributed by atoms with Gasteiger partial charge in [-0.3, -0.25) is 10.1 Å². The summed E-state index contributed by atoms with van der Waals surface area (Å²) in [4.78, 5) is 7.60. The molecular formula is C9H12N6O2S. The second-order valence-electron chi connectivity index (χ2n) is 3.49. The van der Waals surface area contributed by atoms with Crippen LogP contribution < -0.4 is 10.5 Å². The smallest absolute Gasteiger partial charge is 0.244 e. The largest absolute Gasteiger partial charge is 0.398 e. The summed E-state index contributed by atoms with van der Waals surface area (Å²) in [6.07, 6.45) is 4.43. The summed E-state index contributed by atoms with van der Waals surface area (Å²) >= 11 is 0. The summed E-state index contributed by atoms with van der Waals surface area (Å²) in [7, 11) is -3.64. The molecule has 0 aromatic carbocycles. The Balaban J connectivity index is 2.02. The molecule has 0 amide bonds. The molecule has 0 aliphatic heterocycles. The van der Waals surface area contributed by atoms with Crippen LogP contribution in [0.15, 0.2) is 29.7 Å². The predicted molar refractivity (Wildman–Crippen MR) is 63.9 cm³/mol. The van der Waals surface area contributed by atoms with E-state index < -0.39 is 10.0 Å². The van der Waals surface area contributed by atoms with Crippen molar-refractivity contribution in [2.45, 2.75) is 11.3 Å². The number of rotatable bonds is 5. The van der Waals surface area contributed by atoms with Gasteiger partial charge in [0.05, 0.1) is 5.69 Å². The molecule has 18 heavy (non-hydrogen) atoms. The van der Waals surface area contributed by atoms with Gasteiger partial charge < -0.3 is 5.73 Å². The van der Waals surface area contributed by atoms with Gasteiger partial charge in [-0.2, -0.15) is 5.10 Å². The monoisotopic (exact) mass is 268 g/mol. The van der Waals surface area contributed by atoms with E-state index in [1.165, 1.54) is 24.8 Å². The lowest BCUT2D eigenvalue weighted by atomic mass is 10.4. The third kappa shape index (κ3) is 2.81. The molecule has 9 heteroatoms. The van der Waals surface area contributed by atoms with E-state index in [1.807, 2.05) is 0 Å². The first-order valence-electron chi connectivity index (χ1n) is 5.13. The quantitative estimate of drug-likeness (QED) is 0.658. The molecule has 0 aliphatic carbocycles. The van der Waals surface area contributed by atoms with E-state index in [9.17, 15) is 8.42 Å². The zero-order valence-electron chi connectivity index (χ0n) is 9.37. The van der Waals surface area contributed by atoms with Crippen LogP contribution in [-0.2, 0) is 16.4 Å². The SMILES string of the molecule is Nc1ccncc1S(=O)(=O)NCCc1ncn[nH]1. The van der Waals surface area contributed by atoms with Crippen molar-refractivity contribution in [2.75, 3.05) is 12.3 Å². The molecule has 0 atom stereocenters. The maximum atomic E-state index is 11.9. The first-order chi connectivity index (χ1) is 8.59. The van der Waals surface area contributed by atoms with Crippen LogP contribution in [0.2, 0.25) is 0 Å². The topological polar surface area (TPSA) is 127 Å². The third-order valence-corrected chi connectivity index (χ3v) is 3.73. The van der Waals surface area contributed by atoms with Crippen molar-refractivity contribution in [1.82, 2.24) is 24.9 Å². The van der Waals surface area contributed by atoms with Crippen LogP contribution in [0.4, 0.5) is 5.69 Å². The summed E-state index contributed by atoms with van der Waals surface area (Å²) < 4.78 is 26.2. The number of nitrogens with zero attached hydrogens (tertiary/aromatic N) is 3. The Morgan fingerprint density at radius 1 is 1.44 bits per heavy atom. The van der Waals surface area contributed by atoms with E-state index in [1.54, 1.807) is 0 Å². The lowest BCUT2D eigenvalue weighted by Gasteiger charge is -2.07. The fourth-order valence-corrected chi connectivity index (χ4v) is 2.45. The molecule has 0 unspecified atom stereocenters. The number of anilines is 1. The highest BCUT2D eigenvalue weighted by molar-refractivity contribution is 7.89. The maximum absolute atomic E-state index is 11.9. The number of aromatic amines is 1. The second-order valence-corrected chi connectivity index (χ2v) is 5.23. The van der Waals surface area contributed by atoms with E-state index in [2.05, 4.69) is 24.9 Å². The first kappa shape index (κ1) is 12.5. The number of nitrogens with two attached hydrogens (primary N) is 1. The Morgan fingerprint density at radius 2 is 2.28 bits per heavy atom. The Hall–Kier alpha value is -2.00. The summed E-state index contributed by atoms with van der Waals surface area (Å²) in [6, 6.07) is 1.44.